The summed E-state index contributed by atoms with van der Waals surface area (Å²) in [5.41, 5.74) is 2.69. The maximum atomic E-state index is 12.2. The number of carbonyl (C=O) groups excluding carboxylic acids is 1. The number of methoxy groups -OCH3 is 2. The molecule has 2 aromatic carbocycles. The van der Waals surface area contributed by atoms with Crippen LogP contribution < -0.4 is 14.8 Å². The minimum absolute atomic E-state index is 0.144. The number of carboxylic acids is 1. The van der Waals surface area contributed by atoms with E-state index in [0.29, 0.717) is 55.4 Å². The Morgan fingerprint density at radius 3 is 2.25 bits per heavy atom. The molecule has 1 saturated carbocycles. The minimum atomic E-state index is -1.07. The summed E-state index contributed by atoms with van der Waals surface area (Å²) < 4.78 is 22.7. The van der Waals surface area contributed by atoms with Crippen molar-refractivity contribution in [2.24, 2.45) is 0 Å². The molecule has 2 N–H and O–H groups in total. The van der Waals surface area contributed by atoms with Gasteiger partial charge in [-0.2, -0.15) is 0 Å². The first-order valence-corrected chi connectivity index (χ1v) is 12.5. The van der Waals surface area contributed by atoms with Gasteiger partial charge in [-0.1, -0.05) is 18.9 Å². The molecular weight excluding hydrogens is 462 g/mol. The Morgan fingerprint density at radius 1 is 1.06 bits per heavy atom. The highest BCUT2D eigenvalue weighted by molar-refractivity contribution is 6.00. The fraction of sp³-hybridized carbons (Fsp3) is 0.500. The number of ether oxygens (including phenoxy) is 4. The highest BCUT2D eigenvalue weighted by atomic mass is 16.5. The summed E-state index contributed by atoms with van der Waals surface area (Å²) >= 11 is 0. The Morgan fingerprint density at radius 2 is 1.69 bits per heavy atom. The number of Topliss-reactive ketones (excluding diaryl/α,β-unsaturated/α-hetero) is 1. The Bertz CT molecular complexity index is 1080. The van der Waals surface area contributed by atoms with E-state index in [1.807, 2.05) is 30.3 Å². The highest BCUT2D eigenvalue weighted by Gasteiger charge is 2.40. The summed E-state index contributed by atoms with van der Waals surface area (Å²) in [6, 6.07) is 9.46. The van der Waals surface area contributed by atoms with Crippen LogP contribution in [0.2, 0.25) is 0 Å². The summed E-state index contributed by atoms with van der Waals surface area (Å²) in [5, 5.41) is 13.3. The van der Waals surface area contributed by atoms with Crippen molar-refractivity contribution in [2.45, 2.75) is 63.7 Å². The van der Waals surface area contributed by atoms with E-state index in [4.69, 9.17) is 18.9 Å². The molecule has 0 atom stereocenters. The molecule has 0 amide bonds. The second-order valence-corrected chi connectivity index (χ2v) is 9.53. The fourth-order valence-electron chi connectivity index (χ4n) is 5.14. The number of hydrogen-bond donors (Lipinski definition) is 2. The molecule has 194 valence electrons. The van der Waals surface area contributed by atoms with Gasteiger partial charge in [0.25, 0.3) is 0 Å². The van der Waals surface area contributed by atoms with Crippen LogP contribution in [0.4, 0.5) is 5.69 Å². The van der Waals surface area contributed by atoms with E-state index in [-0.39, 0.29) is 11.9 Å². The van der Waals surface area contributed by atoms with Crippen molar-refractivity contribution in [3.05, 3.63) is 41.5 Å². The molecule has 1 aliphatic carbocycles. The number of nitrogens with one attached hydrogen (secondary N) is 1. The van der Waals surface area contributed by atoms with E-state index in [1.54, 1.807) is 0 Å². The molecule has 0 aromatic heterocycles. The molecular formula is C28H35NO7. The van der Waals surface area contributed by atoms with Crippen molar-refractivity contribution in [3.63, 3.8) is 0 Å². The molecule has 2 fully saturated rings. The first kappa shape index (κ1) is 26.0. The Kier molecular flexibility index (Phi) is 8.16. The van der Waals surface area contributed by atoms with E-state index >= 15 is 0 Å². The predicted octanol–water partition coefficient (Wildman–Crippen LogP) is 5.08. The van der Waals surface area contributed by atoms with Gasteiger partial charge in [0.2, 0.25) is 0 Å². The van der Waals surface area contributed by atoms with Crippen LogP contribution in [0.3, 0.4) is 0 Å². The lowest BCUT2D eigenvalue weighted by molar-refractivity contribution is -0.145. The second kappa shape index (κ2) is 11.3. The van der Waals surface area contributed by atoms with Crippen molar-refractivity contribution < 1.29 is 33.6 Å². The Hall–Kier alpha value is -3.10. The van der Waals surface area contributed by atoms with Crippen LogP contribution in [0.5, 0.6) is 11.5 Å². The minimum Gasteiger partial charge on any atom is -0.496 e. The van der Waals surface area contributed by atoms with Crippen LogP contribution in [-0.4, -0.2) is 55.9 Å². The Balaban J connectivity index is 1.74. The van der Waals surface area contributed by atoms with Crippen LogP contribution in [-0.2, 0) is 20.9 Å². The maximum Gasteiger partial charge on any atom is 0.329 e. The van der Waals surface area contributed by atoms with Gasteiger partial charge in [0, 0.05) is 31.7 Å². The Labute approximate surface area is 211 Å². The summed E-state index contributed by atoms with van der Waals surface area (Å²) in [7, 11) is 3.06. The SMILES string of the molecule is COc1cc(-c2ccc(NC3(C(=O)O)CCOCC3)cc2COC2CCCC2)cc(OC)c1C(C)=O. The van der Waals surface area contributed by atoms with Crippen LogP contribution >= 0.6 is 0 Å². The molecule has 0 radical (unpaired) electrons. The molecule has 1 aliphatic heterocycles. The number of rotatable bonds is 10. The van der Waals surface area contributed by atoms with Crippen molar-refractivity contribution in [1.82, 2.24) is 0 Å². The number of carbonyl (C=O) groups is 2. The number of anilines is 1. The third-order valence-corrected chi connectivity index (χ3v) is 7.19. The topological polar surface area (TPSA) is 103 Å². The number of aliphatic carboxylic acids is 1. The normalized spacial score (nSPS) is 17.5. The zero-order valence-electron chi connectivity index (χ0n) is 21.2. The average Bonchev–Trinajstić information content (AvgIpc) is 3.41. The first-order valence-electron chi connectivity index (χ1n) is 12.5. The van der Waals surface area contributed by atoms with Crippen molar-refractivity contribution in [1.29, 1.82) is 0 Å². The standard InChI is InChI=1S/C28H35NO7/c1-18(30)26-24(33-2)15-19(16-25(26)34-3)23-9-8-21(14-20(23)17-36-22-6-4-5-7-22)29-28(27(31)32)10-12-35-13-11-28/h8-9,14-16,22,29H,4-7,10-13,17H2,1-3H3,(H,31,32). The summed E-state index contributed by atoms with van der Waals surface area (Å²) in [5.74, 6) is -0.148. The van der Waals surface area contributed by atoms with Gasteiger partial charge in [-0.3, -0.25) is 4.79 Å². The number of hydrogen-bond acceptors (Lipinski definition) is 7. The van der Waals surface area contributed by atoms with Crippen molar-refractivity contribution >= 4 is 17.4 Å². The van der Waals surface area contributed by atoms with Crippen LogP contribution in [0, 0.1) is 0 Å². The smallest absolute Gasteiger partial charge is 0.329 e. The lowest BCUT2D eigenvalue weighted by atomic mass is 9.89. The van der Waals surface area contributed by atoms with Gasteiger partial charge in [0.05, 0.1) is 26.9 Å². The molecule has 1 heterocycles. The van der Waals surface area contributed by atoms with E-state index in [2.05, 4.69) is 5.32 Å². The van der Waals surface area contributed by atoms with Crippen molar-refractivity contribution in [2.75, 3.05) is 32.8 Å². The van der Waals surface area contributed by atoms with Gasteiger partial charge in [-0.05, 0) is 60.7 Å². The molecule has 36 heavy (non-hydrogen) atoms. The summed E-state index contributed by atoms with van der Waals surface area (Å²) in [6.07, 6.45) is 5.43. The zero-order valence-corrected chi connectivity index (χ0v) is 21.2. The quantitative estimate of drug-likeness (QED) is 0.438. The van der Waals surface area contributed by atoms with E-state index in [1.165, 1.54) is 34.0 Å². The monoisotopic (exact) mass is 497 g/mol. The number of benzene rings is 2. The first-order chi connectivity index (χ1) is 17.4. The largest absolute Gasteiger partial charge is 0.496 e. The third kappa shape index (κ3) is 5.50. The average molecular weight is 498 g/mol. The van der Waals surface area contributed by atoms with Crippen LogP contribution in [0.15, 0.2) is 30.3 Å². The number of carboxylic acid groups (broad SMARTS) is 1. The molecule has 8 heteroatoms. The second-order valence-electron chi connectivity index (χ2n) is 9.53. The lowest BCUT2D eigenvalue weighted by Crippen LogP contribution is -2.50. The van der Waals surface area contributed by atoms with E-state index in [0.717, 1.165) is 29.5 Å². The lowest BCUT2D eigenvalue weighted by Gasteiger charge is -2.35. The highest BCUT2D eigenvalue weighted by Crippen LogP contribution is 2.38. The molecule has 2 aliphatic rings. The van der Waals surface area contributed by atoms with Gasteiger partial charge < -0.3 is 29.4 Å². The molecule has 8 nitrogen and oxygen atoms in total. The van der Waals surface area contributed by atoms with Gasteiger partial charge in [0.15, 0.2) is 5.78 Å². The van der Waals surface area contributed by atoms with Gasteiger partial charge in [-0.15, -0.1) is 0 Å². The van der Waals surface area contributed by atoms with Gasteiger partial charge in [-0.25, -0.2) is 4.79 Å². The summed E-state index contributed by atoms with van der Waals surface area (Å²) in [4.78, 5) is 24.4. The van der Waals surface area contributed by atoms with Crippen LogP contribution in [0.25, 0.3) is 11.1 Å². The third-order valence-electron chi connectivity index (χ3n) is 7.19. The fourth-order valence-corrected chi connectivity index (χ4v) is 5.14. The van der Waals surface area contributed by atoms with E-state index in [9.17, 15) is 14.7 Å². The molecule has 0 bridgehead atoms. The molecule has 4 rings (SSSR count). The van der Waals surface area contributed by atoms with Crippen LogP contribution in [0.1, 0.15) is 61.4 Å². The van der Waals surface area contributed by atoms with Crippen molar-refractivity contribution in [3.8, 4) is 22.6 Å². The summed E-state index contributed by atoms with van der Waals surface area (Å²) in [6.45, 7) is 2.67. The molecule has 2 aromatic rings. The van der Waals surface area contributed by atoms with E-state index < -0.39 is 11.5 Å². The predicted molar refractivity (Wildman–Crippen MR) is 136 cm³/mol. The molecule has 1 saturated heterocycles. The van der Waals surface area contributed by atoms with Gasteiger partial charge in [0.1, 0.15) is 22.6 Å². The van der Waals surface area contributed by atoms with Gasteiger partial charge >= 0.3 is 5.97 Å². The zero-order chi connectivity index (χ0) is 25.7. The number of ketones is 1. The maximum absolute atomic E-state index is 12.2. The molecule has 0 spiro atoms. The molecule has 0 unspecified atom stereocenters.